The molecule has 6 atom stereocenters. The number of ketones is 5. The summed E-state index contributed by atoms with van der Waals surface area (Å²) in [5.41, 5.74) is 0.719. The van der Waals surface area contributed by atoms with E-state index >= 15 is 0 Å². The van der Waals surface area contributed by atoms with Gasteiger partial charge in [0.05, 0.1) is 70.2 Å². The van der Waals surface area contributed by atoms with Crippen LogP contribution < -0.4 is 37.2 Å². The number of carboxylic acid groups (broad SMARTS) is 4. The van der Waals surface area contributed by atoms with Crippen LogP contribution in [0.5, 0.6) is 5.75 Å². The normalized spacial score (nSPS) is 12.9. The Morgan fingerprint density at radius 2 is 0.875 bits per heavy atom. The van der Waals surface area contributed by atoms with Crippen molar-refractivity contribution in [3.8, 4) is 5.75 Å². The molecule has 31 heteroatoms. The van der Waals surface area contributed by atoms with Crippen LogP contribution in [0.3, 0.4) is 0 Å². The van der Waals surface area contributed by atoms with Crippen molar-refractivity contribution < 1.29 is 117 Å². The highest BCUT2D eigenvalue weighted by molar-refractivity contribution is 5.92. The molecule has 1 aromatic carbocycles. The van der Waals surface area contributed by atoms with Crippen molar-refractivity contribution in [2.24, 2.45) is 5.92 Å². The lowest BCUT2D eigenvalue weighted by atomic mass is 9.94. The zero-order chi connectivity index (χ0) is 77.1. The van der Waals surface area contributed by atoms with E-state index in [1.54, 1.807) is 12.1 Å². The van der Waals surface area contributed by atoms with Gasteiger partial charge >= 0.3 is 23.9 Å². The van der Waals surface area contributed by atoms with E-state index in [0.717, 1.165) is 82.6 Å². The SMILES string of the molecule is CCCC[C@H](NCC(=O)[C@@H](Cc1ccc(O)cc1)NC(C)=O)C(=O)CN[C@@H](CCCCNC(=O)COCCOCCCC(=O)COCCOCCNC(=O)CC[C@H](NC(=O)CC[C@H](NC(=O)CC[C@H](CC(=O)CCCCCCCCCCCCCCCCC(=O)O)C(=O)O)C(=O)O)C(=O)O)C(=O)CO. The number of amides is 5. The summed E-state index contributed by atoms with van der Waals surface area (Å²) in [4.78, 5) is 173. The second kappa shape index (κ2) is 60.6. The summed E-state index contributed by atoms with van der Waals surface area (Å²) in [5, 5.41) is 75.5. The van der Waals surface area contributed by atoms with Gasteiger partial charge in [0.1, 0.15) is 43.4 Å². The fourth-order valence-electron chi connectivity index (χ4n) is 11.0. The number of carbonyl (C=O) groups is 14. The van der Waals surface area contributed by atoms with E-state index in [9.17, 15) is 92.7 Å². The van der Waals surface area contributed by atoms with Crippen LogP contribution in [0.2, 0.25) is 0 Å². The molecule has 0 radical (unpaired) electrons. The van der Waals surface area contributed by atoms with E-state index in [0.29, 0.717) is 38.5 Å². The number of Topliss-reactive ketones (excluding diaryl/α,β-unsaturated/α-hetero) is 5. The number of carbonyl (C=O) groups excluding carboxylic acids is 10. The highest BCUT2D eigenvalue weighted by Gasteiger charge is 2.29. The Morgan fingerprint density at radius 3 is 1.40 bits per heavy atom. The van der Waals surface area contributed by atoms with E-state index in [1.807, 2.05) is 6.92 Å². The first-order valence-electron chi connectivity index (χ1n) is 36.9. The van der Waals surface area contributed by atoms with Gasteiger partial charge in [-0.05, 0) is 88.3 Å². The minimum absolute atomic E-state index is 0.0569. The van der Waals surface area contributed by atoms with Gasteiger partial charge < -0.3 is 86.8 Å². The van der Waals surface area contributed by atoms with Gasteiger partial charge in [0.2, 0.25) is 29.5 Å². The number of rotatable bonds is 71. The number of nitrogens with one attached hydrogen (secondary N) is 7. The maximum Gasteiger partial charge on any atom is 0.326 e. The fourth-order valence-corrected chi connectivity index (χ4v) is 11.0. The summed E-state index contributed by atoms with van der Waals surface area (Å²) < 4.78 is 21.6. The van der Waals surface area contributed by atoms with Crippen LogP contribution in [0.15, 0.2) is 24.3 Å². The maximum absolute atomic E-state index is 13.4. The minimum Gasteiger partial charge on any atom is -0.508 e. The molecule has 13 N–H and O–H groups in total. The Hall–Kier alpha value is -7.68. The quantitative estimate of drug-likeness (QED) is 0.0398. The molecule has 0 unspecified atom stereocenters. The Morgan fingerprint density at radius 1 is 0.404 bits per heavy atom. The van der Waals surface area contributed by atoms with E-state index in [-0.39, 0.29) is 172 Å². The third-order valence-electron chi connectivity index (χ3n) is 17.0. The summed E-state index contributed by atoms with van der Waals surface area (Å²) in [6.07, 6.45) is 16.2. The highest BCUT2D eigenvalue weighted by atomic mass is 16.5. The first-order chi connectivity index (χ1) is 49.8. The first kappa shape index (κ1) is 94.3. The van der Waals surface area contributed by atoms with Crippen molar-refractivity contribution in [1.82, 2.24) is 37.2 Å². The van der Waals surface area contributed by atoms with Gasteiger partial charge in [-0.1, -0.05) is 109 Å². The van der Waals surface area contributed by atoms with Crippen LogP contribution in [-0.2, 0) is 92.5 Å². The van der Waals surface area contributed by atoms with E-state index < -0.39 is 115 Å². The molecule has 590 valence electrons. The third kappa shape index (κ3) is 51.5. The number of ether oxygens (including phenoxy) is 4. The van der Waals surface area contributed by atoms with Crippen molar-refractivity contribution in [2.45, 2.75) is 250 Å². The van der Waals surface area contributed by atoms with Crippen molar-refractivity contribution in [2.75, 3.05) is 85.6 Å². The summed E-state index contributed by atoms with van der Waals surface area (Å²) in [5.74, 6) is -10.5. The molecule has 0 heterocycles. The van der Waals surface area contributed by atoms with Gasteiger partial charge in [-0.15, -0.1) is 0 Å². The van der Waals surface area contributed by atoms with Crippen LogP contribution in [0, 0.1) is 5.92 Å². The molecule has 0 aliphatic heterocycles. The van der Waals surface area contributed by atoms with E-state index in [2.05, 4.69) is 37.2 Å². The predicted molar refractivity (Wildman–Crippen MR) is 381 cm³/mol. The molecular formula is C73H119N7O24. The third-order valence-corrected chi connectivity index (χ3v) is 17.0. The number of aliphatic carboxylic acids is 4. The fraction of sp³-hybridized carbons (Fsp3) is 0.726. The van der Waals surface area contributed by atoms with Crippen molar-refractivity contribution in [1.29, 1.82) is 0 Å². The molecule has 0 saturated carbocycles. The zero-order valence-corrected chi connectivity index (χ0v) is 61.1. The van der Waals surface area contributed by atoms with Crippen LogP contribution in [0.25, 0.3) is 0 Å². The van der Waals surface area contributed by atoms with E-state index in [1.165, 1.54) is 31.9 Å². The molecular weight excluding hydrogens is 1360 g/mol. The molecule has 0 saturated heterocycles. The standard InChI is InChI=1S/C73H119N7O24/c1-3-4-24-58(76-48-64(87)62(78-52(2)82)45-53-27-30-55(83)31-28-53)63(86)47-77-59(65(88)49-81)25-19-20-37-74-69(92)51-104-44-41-101-39-21-23-57(85)50-103-43-42-102-40-38-75-66(89)35-32-60(72(97)98)80-68(91)36-33-61(73(99)100)79-67(90)34-29-54(71(95)96)46-56(84)22-17-15-13-11-9-7-5-6-8-10-12-14-16-18-26-70(93)94/h27-28,30-31,54,58-62,76-77,81,83H,3-26,29,32-51H2,1-2H3,(H,74,92)(H,75,89)(H,78,82)(H,79,90)(H,80,91)(H,93,94)(H,95,96)(H,97,98)(H,99,100)/t54-,58+,59+,60+,61+,62-/m1/s1. The number of hydrogen-bond donors (Lipinski definition) is 13. The number of phenols is 1. The second-order valence-electron chi connectivity index (χ2n) is 26.0. The largest absolute Gasteiger partial charge is 0.508 e. The van der Waals surface area contributed by atoms with Gasteiger partial charge in [-0.3, -0.25) is 57.5 Å². The van der Waals surface area contributed by atoms with Crippen LogP contribution in [-0.4, -0.2) is 229 Å². The molecule has 0 aromatic heterocycles. The smallest absolute Gasteiger partial charge is 0.326 e. The number of aliphatic hydroxyl groups excluding tert-OH is 1. The topological polar surface area (TPSA) is 481 Å². The number of benzene rings is 1. The molecule has 0 aliphatic carbocycles. The Kier molecular flexibility index (Phi) is 54.9. The molecule has 31 nitrogen and oxygen atoms in total. The van der Waals surface area contributed by atoms with Gasteiger partial charge in [0.15, 0.2) is 23.1 Å². The maximum atomic E-state index is 13.4. The Bertz CT molecular complexity index is 2720. The number of hydrogen-bond acceptors (Lipinski definition) is 22. The first-order valence-corrected chi connectivity index (χ1v) is 36.9. The molecule has 0 spiro atoms. The van der Waals surface area contributed by atoms with Gasteiger partial charge in [0, 0.05) is 71.6 Å². The molecule has 1 aromatic rings. The second-order valence-corrected chi connectivity index (χ2v) is 26.0. The highest BCUT2D eigenvalue weighted by Crippen LogP contribution is 2.19. The lowest BCUT2D eigenvalue weighted by Crippen LogP contribution is -2.50. The summed E-state index contributed by atoms with van der Waals surface area (Å²) in [6, 6.07) is 0.773. The predicted octanol–water partition coefficient (Wildman–Crippen LogP) is 4.53. The number of phenolic OH excluding ortho intramolecular Hbond substituents is 1. The Labute approximate surface area is 610 Å². The monoisotopic (exact) mass is 1480 g/mol. The average Bonchev–Trinajstić information content (AvgIpc) is 0.891. The van der Waals surface area contributed by atoms with Crippen molar-refractivity contribution >= 4 is 82.3 Å². The summed E-state index contributed by atoms with van der Waals surface area (Å²) in [6.45, 7) is 2.87. The molecule has 0 aliphatic rings. The van der Waals surface area contributed by atoms with Crippen LogP contribution in [0.1, 0.15) is 218 Å². The lowest BCUT2D eigenvalue weighted by Gasteiger charge is -2.22. The molecule has 104 heavy (non-hydrogen) atoms. The Balaban J connectivity index is 2.20. The van der Waals surface area contributed by atoms with E-state index in [4.69, 9.17) is 24.1 Å². The number of aromatic hydroxyl groups is 1. The number of unbranched alkanes of at least 4 members (excludes halogenated alkanes) is 15. The lowest BCUT2D eigenvalue weighted by molar-refractivity contribution is -0.145. The molecule has 0 bridgehead atoms. The van der Waals surface area contributed by atoms with Crippen LogP contribution in [0.4, 0.5) is 0 Å². The number of aliphatic hydroxyl groups is 1. The average molecular weight is 1480 g/mol. The molecule has 1 rings (SSSR count). The minimum atomic E-state index is -1.56. The van der Waals surface area contributed by atoms with Gasteiger partial charge in [-0.25, -0.2) is 9.59 Å². The van der Waals surface area contributed by atoms with Gasteiger partial charge in [0.25, 0.3) is 0 Å². The molecule has 0 fully saturated rings. The summed E-state index contributed by atoms with van der Waals surface area (Å²) >= 11 is 0. The zero-order valence-electron chi connectivity index (χ0n) is 61.1. The van der Waals surface area contributed by atoms with Crippen molar-refractivity contribution in [3.63, 3.8) is 0 Å². The van der Waals surface area contributed by atoms with Crippen LogP contribution >= 0.6 is 0 Å². The van der Waals surface area contributed by atoms with Gasteiger partial charge in [-0.2, -0.15) is 0 Å². The summed E-state index contributed by atoms with van der Waals surface area (Å²) in [7, 11) is 0. The molecule has 5 amide bonds. The number of carboxylic acids is 4. The van der Waals surface area contributed by atoms with Crippen molar-refractivity contribution in [3.05, 3.63) is 29.8 Å².